The highest BCUT2D eigenvalue weighted by Crippen LogP contribution is 2.44. The number of para-hydroxylation sites is 1. The van der Waals surface area contributed by atoms with E-state index in [-0.39, 0.29) is 12.6 Å². The number of nitrogens with zero attached hydrogens (tertiary/aromatic N) is 7. The molecule has 0 amide bonds. The zero-order chi connectivity index (χ0) is 19.6. The summed E-state index contributed by atoms with van der Waals surface area (Å²) in [6, 6.07) is 7.71. The van der Waals surface area contributed by atoms with Crippen LogP contribution in [0.15, 0.2) is 35.0 Å². The van der Waals surface area contributed by atoms with E-state index in [9.17, 15) is 4.48 Å². The van der Waals surface area contributed by atoms with E-state index in [4.69, 9.17) is 9.26 Å². The lowest BCUT2D eigenvalue weighted by Gasteiger charge is -2.29. The Labute approximate surface area is 165 Å². The van der Waals surface area contributed by atoms with Crippen molar-refractivity contribution in [1.82, 2.24) is 30.0 Å². The lowest BCUT2D eigenvalue weighted by atomic mass is 10.0. The third-order valence-corrected chi connectivity index (χ3v) is 5.96. The Balaban J connectivity index is 1.50. The largest absolute Gasteiger partial charge is 0.370 e. The number of rotatable bonds is 3. The number of hydrogen-bond acceptors (Lipinski definition) is 8. The van der Waals surface area contributed by atoms with E-state index in [1.165, 1.54) is 6.20 Å². The number of hydrogen-bond donors (Lipinski definition) is 0. The highest BCUT2D eigenvalue weighted by molar-refractivity contribution is 5.89. The van der Waals surface area contributed by atoms with Crippen molar-refractivity contribution in [1.29, 1.82) is 0 Å². The maximum absolute atomic E-state index is 14.2. The molecule has 2 aliphatic heterocycles. The van der Waals surface area contributed by atoms with Gasteiger partial charge in [-0.05, 0) is 37.8 Å². The van der Waals surface area contributed by atoms with Crippen LogP contribution in [0.25, 0.3) is 28.9 Å². The van der Waals surface area contributed by atoms with E-state index >= 15 is 0 Å². The van der Waals surface area contributed by atoms with Gasteiger partial charge < -0.3 is 14.2 Å². The van der Waals surface area contributed by atoms with Gasteiger partial charge in [0.25, 0.3) is 5.89 Å². The molecule has 2 aromatic heterocycles. The van der Waals surface area contributed by atoms with Crippen LogP contribution in [0.2, 0.25) is 0 Å². The van der Waals surface area contributed by atoms with Crippen molar-refractivity contribution in [2.75, 3.05) is 18.7 Å². The van der Waals surface area contributed by atoms with Crippen molar-refractivity contribution >= 4 is 11.5 Å². The predicted octanol–water partition coefficient (Wildman–Crippen LogP) is 3.14. The zero-order valence-corrected chi connectivity index (χ0v) is 15.7. The molecule has 1 fully saturated rings. The van der Waals surface area contributed by atoms with Crippen molar-refractivity contribution in [3.63, 3.8) is 0 Å². The highest BCUT2D eigenvalue weighted by Gasteiger charge is 2.42. The Morgan fingerprint density at radius 1 is 1.14 bits per heavy atom. The highest BCUT2D eigenvalue weighted by atomic mass is 19.2. The quantitative estimate of drug-likeness (QED) is 0.626. The number of anilines is 1. The Morgan fingerprint density at radius 3 is 2.76 bits per heavy atom. The summed E-state index contributed by atoms with van der Waals surface area (Å²) in [5.41, 5.74) is 1.22. The van der Waals surface area contributed by atoms with E-state index in [1.54, 1.807) is 11.7 Å². The van der Waals surface area contributed by atoms with E-state index in [1.807, 2.05) is 29.2 Å². The maximum Gasteiger partial charge on any atom is 0.296 e. The smallest absolute Gasteiger partial charge is 0.296 e. The second-order valence-electron chi connectivity index (χ2n) is 7.48. The van der Waals surface area contributed by atoms with Gasteiger partial charge in [-0.3, -0.25) is 4.57 Å². The SMILES string of the molecule is COC1(c2noc(-c3nnc4n3C3=CN(F)CN3c3ccccc3-4)n2)CCCC1. The Hall–Kier alpha value is -3.27. The molecule has 29 heavy (non-hydrogen) atoms. The molecule has 3 aliphatic rings. The molecule has 3 aromatic rings. The number of fused-ring (bicyclic) bond motifs is 6. The average molecular weight is 395 g/mol. The van der Waals surface area contributed by atoms with E-state index in [2.05, 4.69) is 20.3 Å². The molecule has 1 aliphatic carbocycles. The van der Waals surface area contributed by atoms with Crippen molar-refractivity contribution < 1.29 is 13.7 Å². The fourth-order valence-corrected chi connectivity index (χ4v) is 4.50. The van der Waals surface area contributed by atoms with Gasteiger partial charge in [0.15, 0.2) is 5.82 Å². The molecule has 10 heteroatoms. The number of aromatic nitrogens is 5. The van der Waals surface area contributed by atoms with Crippen LogP contribution >= 0.6 is 0 Å². The zero-order valence-electron chi connectivity index (χ0n) is 15.7. The second-order valence-corrected chi connectivity index (χ2v) is 7.48. The molecule has 0 spiro atoms. The summed E-state index contributed by atoms with van der Waals surface area (Å²) in [5, 5.41) is 13.5. The fourth-order valence-electron chi connectivity index (χ4n) is 4.50. The third kappa shape index (κ3) is 2.23. The van der Waals surface area contributed by atoms with Gasteiger partial charge in [0.2, 0.25) is 11.6 Å². The van der Waals surface area contributed by atoms with Crippen molar-refractivity contribution in [2.45, 2.75) is 31.3 Å². The predicted molar refractivity (Wildman–Crippen MR) is 100 cm³/mol. The van der Waals surface area contributed by atoms with Gasteiger partial charge >= 0.3 is 0 Å². The number of benzene rings is 1. The molecule has 1 aromatic carbocycles. The standard InChI is InChI=1S/C19H18FN7O2/c1-28-19(8-4-5-9-19)18-21-17(29-24-18)16-23-22-15-12-6-2-3-7-13(12)26-11-25(20)10-14(26)27(15)16/h2-3,6-7,10H,4-5,8-9,11H2,1H3. The Morgan fingerprint density at radius 2 is 1.93 bits per heavy atom. The summed E-state index contributed by atoms with van der Waals surface area (Å²) in [6.45, 7) is 0.0886. The van der Waals surface area contributed by atoms with E-state index in [0.717, 1.165) is 36.9 Å². The van der Waals surface area contributed by atoms with Crippen LogP contribution in [-0.4, -0.2) is 43.8 Å². The Bertz CT molecular complexity index is 1130. The molecule has 4 heterocycles. The molecule has 0 bridgehead atoms. The lowest BCUT2D eigenvalue weighted by molar-refractivity contribution is -0.0178. The maximum atomic E-state index is 14.2. The average Bonchev–Trinajstić information content (AvgIpc) is 3.51. The summed E-state index contributed by atoms with van der Waals surface area (Å²) < 4.78 is 27.2. The molecular formula is C19H18FN7O2. The fraction of sp³-hybridized carbons (Fsp3) is 0.368. The molecule has 1 saturated carbocycles. The van der Waals surface area contributed by atoms with E-state index < -0.39 is 5.60 Å². The molecule has 9 nitrogen and oxygen atoms in total. The molecular weight excluding hydrogens is 377 g/mol. The molecule has 0 saturated heterocycles. The van der Waals surface area contributed by atoms with Crippen LogP contribution in [0.5, 0.6) is 0 Å². The van der Waals surface area contributed by atoms with Crippen molar-refractivity contribution in [2.24, 2.45) is 0 Å². The van der Waals surface area contributed by atoms with Crippen molar-refractivity contribution in [3.8, 4) is 23.1 Å². The van der Waals surface area contributed by atoms with Gasteiger partial charge in [-0.25, -0.2) is 0 Å². The first-order chi connectivity index (χ1) is 14.2. The number of halogens is 1. The van der Waals surface area contributed by atoms with Gasteiger partial charge in [-0.2, -0.15) is 10.1 Å². The summed E-state index contributed by atoms with van der Waals surface area (Å²) >= 11 is 0. The van der Waals surface area contributed by atoms with Crippen LogP contribution in [0.1, 0.15) is 31.5 Å². The lowest BCUT2D eigenvalue weighted by Crippen LogP contribution is -2.28. The van der Waals surface area contributed by atoms with Gasteiger partial charge in [-0.1, -0.05) is 21.8 Å². The van der Waals surface area contributed by atoms with Crippen LogP contribution in [-0.2, 0) is 10.3 Å². The summed E-state index contributed by atoms with van der Waals surface area (Å²) in [4.78, 5) is 6.46. The van der Waals surface area contributed by atoms with Crippen LogP contribution < -0.4 is 4.90 Å². The normalized spacial score (nSPS) is 19.2. The summed E-state index contributed by atoms with van der Waals surface area (Å²) in [5.74, 6) is 2.34. The monoisotopic (exact) mass is 395 g/mol. The topological polar surface area (TPSA) is 85.3 Å². The minimum atomic E-state index is -0.520. The summed E-state index contributed by atoms with van der Waals surface area (Å²) in [6.07, 6.45) is 5.23. The first-order valence-electron chi connectivity index (χ1n) is 9.57. The van der Waals surface area contributed by atoms with Crippen molar-refractivity contribution in [3.05, 3.63) is 36.3 Å². The third-order valence-electron chi connectivity index (χ3n) is 5.96. The summed E-state index contributed by atoms with van der Waals surface area (Å²) in [7, 11) is 1.67. The first kappa shape index (κ1) is 16.7. The molecule has 0 atom stereocenters. The number of ether oxygens (including phenoxy) is 1. The molecule has 148 valence electrons. The minimum Gasteiger partial charge on any atom is -0.370 e. The molecule has 0 radical (unpaired) electrons. The van der Waals surface area contributed by atoms with E-state index in [0.29, 0.717) is 28.4 Å². The second kappa shape index (κ2) is 5.86. The van der Waals surface area contributed by atoms with Crippen LogP contribution in [0.4, 0.5) is 10.2 Å². The number of methoxy groups -OCH3 is 1. The van der Waals surface area contributed by atoms with Gasteiger partial charge in [0, 0.05) is 12.7 Å². The molecule has 0 N–H and O–H groups in total. The molecule has 6 rings (SSSR count). The van der Waals surface area contributed by atoms with Gasteiger partial charge in [0.1, 0.15) is 18.1 Å². The first-order valence-corrected chi connectivity index (χ1v) is 9.57. The minimum absolute atomic E-state index is 0.0886. The molecule has 0 unspecified atom stereocenters. The van der Waals surface area contributed by atoms with Gasteiger partial charge in [0.05, 0.1) is 11.9 Å². The van der Waals surface area contributed by atoms with Gasteiger partial charge in [-0.15, -0.1) is 10.2 Å². The van der Waals surface area contributed by atoms with Crippen LogP contribution in [0, 0.1) is 0 Å². The Kier molecular flexibility index (Phi) is 3.37. The van der Waals surface area contributed by atoms with Crippen LogP contribution in [0.3, 0.4) is 0 Å².